The average Bonchev–Trinajstić information content (AvgIpc) is 2.43. The van der Waals surface area contributed by atoms with Crippen molar-refractivity contribution in [2.45, 2.75) is 12.8 Å². The molecule has 0 saturated carbocycles. The molecular formula is C16H16O3. The van der Waals surface area contributed by atoms with E-state index in [1.807, 2.05) is 30.3 Å². The van der Waals surface area contributed by atoms with Gasteiger partial charge in [-0.2, -0.15) is 0 Å². The molecule has 0 aliphatic heterocycles. The van der Waals surface area contributed by atoms with Gasteiger partial charge in [0.25, 0.3) is 0 Å². The Hall–Kier alpha value is -2.29. The van der Waals surface area contributed by atoms with Crippen molar-refractivity contribution in [3.63, 3.8) is 0 Å². The Morgan fingerprint density at radius 3 is 2.32 bits per heavy atom. The lowest BCUT2D eigenvalue weighted by Gasteiger charge is -2.05. The molecule has 0 amide bonds. The molecule has 0 spiro atoms. The number of carbonyl (C=O) groups excluding carboxylic acids is 1. The molecule has 2 rings (SSSR count). The Morgan fingerprint density at radius 2 is 1.63 bits per heavy atom. The third-order valence-electron chi connectivity index (χ3n) is 2.78. The number of phenolic OH excluding ortho intramolecular Hbond substituents is 1. The summed E-state index contributed by atoms with van der Waals surface area (Å²) in [6.07, 6.45) is 0.956. The summed E-state index contributed by atoms with van der Waals surface area (Å²) in [7, 11) is 0. The van der Waals surface area contributed by atoms with Gasteiger partial charge < -0.3 is 9.84 Å². The van der Waals surface area contributed by atoms with E-state index in [-0.39, 0.29) is 18.1 Å². The van der Waals surface area contributed by atoms with E-state index in [2.05, 4.69) is 0 Å². The SMILES string of the molecule is O=C(Cc1ccc(O)cc1)OCCc1ccccc1. The first kappa shape index (κ1) is 13.1. The van der Waals surface area contributed by atoms with Crippen molar-refractivity contribution in [1.82, 2.24) is 0 Å². The first-order chi connectivity index (χ1) is 9.24. The topological polar surface area (TPSA) is 46.5 Å². The maximum atomic E-state index is 11.6. The van der Waals surface area contributed by atoms with Crippen molar-refractivity contribution in [1.29, 1.82) is 0 Å². The number of hydrogen-bond acceptors (Lipinski definition) is 3. The zero-order chi connectivity index (χ0) is 13.5. The Bertz CT molecular complexity index is 517. The van der Waals surface area contributed by atoms with Crippen LogP contribution in [0.5, 0.6) is 5.75 Å². The van der Waals surface area contributed by atoms with E-state index in [0.717, 1.165) is 17.5 Å². The molecule has 3 nitrogen and oxygen atoms in total. The minimum atomic E-state index is -0.248. The fourth-order valence-electron chi connectivity index (χ4n) is 1.76. The molecule has 0 unspecified atom stereocenters. The van der Waals surface area contributed by atoms with Gasteiger partial charge in [0.15, 0.2) is 0 Å². The summed E-state index contributed by atoms with van der Waals surface area (Å²) in [5, 5.41) is 9.14. The van der Waals surface area contributed by atoms with Crippen LogP contribution in [0.4, 0.5) is 0 Å². The average molecular weight is 256 g/mol. The van der Waals surface area contributed by atoms with Gasteiger partial charge in [0, 0.05) is 6.42 Å². The van der Waals surface area contributed by atoms with Crippen LogP contribution in [0.2, 0.25) is 0 Å². The number of phenols is 1. The third-order valence-corrected chi connectivity index (χ3v) is 2.78. The van der Waals surface area contributed by atoms with Crippen molar-refractivity contribution in [2.75, 3.05) is 6.61 Å². The third kappa shape index (κ3) is 4.47. The summed E-state index contributed by atoms with van der Waals surface area (Å²) in [4.78, 5) is 11.6. The molecule has 0 bridgehead atoms. The number of hydrogen-bond donors (Lipinski definition) is 1. The van der Waals surface area contributed by atoms with Gasteiger partial charge in [0.2, 0.25) is 0 Å². The summed E-state index contributed by atoms with van der Waals surface area (Å²) in [5.41, 5.74) is 1.99. The van der Waals surface area contributed by atoms with Crippen molar-refractivity contribution in [3.8, 4) is 5.75 Å². The normalized spacial score (nSPS) is 10.1. The second-order valence-corrected chi connectivity index (χ2v) is 4.30. The van der Waals surface area contributed by atoms with Crippen LogP contribution in [0, 0.1) is 0 Å². The predicted molar refractivity (Wildman–Crippen MR) is 72.9 cm³/mol. The lowest BCUT2D eigenvalue weighted by molar-refractivity contribution is -0.142. The Labute approximate surface area is 112 Å². The molecule has 98 valence electrons. The number of ether oxygens (including phenoxy) is 1. The standard InChI is InChI=1S/C16H16O3/c17-15-8-6-14(7-9-15)12-16(18)19-11-10-13-4-2-1-3-5-13/h1-9,17H,10-12H2. The minimum Gasteiger partial charge on any atom is -0.508 e. The first-order valence-electron chi connectivity index (χ1n) is 6.21. The molecule has 0 aliphatic rings. The molecule has 2 aromatic rings. The Morgan fingerprint density at radius 1 is 0.947 bits per heavy atom. The highest BCUT2D eigenvalue weighted by atomic mass is 16.5. The zero-order valence-electron chi connectivity index (χ0n) is 10.6. The molecule has 0 fully saturated rings. The predicted octanol–water partition coefficient (Wildman–Crippen LogP) is 2.72. The number of benzene rings is 2. The van der Waals surface area contributed by atoms with Crippen LogP contribution in [-0.4, -0.2) is 17.7 Å². The minimum absolute atomic E-state index is 0.196. The van der Waals surface area contributed by atoms with E-state index >= 15 is 0 Å². The summed E-state index contributed by atoms with van der Waals surface area (Å²) in [6, 6.07) is 16.5. The molecule has 0 heterocycles. The second kappa shape index (κ2) is 6.59. The molecule has 2 aromatic carbocycles. The quantitative estimate of drug-likeness (QED) is 0.837. The van der Waals surface area contributed by atoms with Crippen LogP contribution in [0.1, 0.15) is 11.1 Å². The van der Waals surface area contributed by atoms with Crippen LogP contribution in [0.25, 0.3) is 0 Å². The van der Waals surface area contributed by atoms with Gasteiger partial charge in [-0.15, -0.1) is 0 Å². The fraction of sp³-hybridized carbons (Fsp3) is 0.188. The molecule has 0 radical (unpaired) electrons. The van der Waals surface area contributed by atoms with Gasteiger partial charge in [-0.3, -0.25) is 4.79 Å². The second-order valence-electron chi connectivity index (χ2n) is 4.30. The van der Waals surface area contributed by atoms with Gasteiger partial charge in [-0.25, -0.2) is 0 Å². The lowest BCUT2D eigenvalue weighted by atomic mass is 10.1. The molecule has 0 aliphatic carbocycles. The lowest BCUT2D eigenvalue weighted by Crippen LogP contribution is -2.10. The summed E-state index contributed by atoms with van der Waals surface area (Å²) in [6.45, 7) is 0.390. The Balaban J connectivity index is 1.74. The van der Waals surface area contributed by atoms with Crippen LogP contribution in [-0.2, 0) is 22.4 Å². The van der Waals surface area contributed by atoms with Crippen LogP contribution in [0.3, 0.4) is 0 Å². The highest BCUT2D eigenvalue weighted by molar-refractivity contribution is 5.72. The van der Waals surface area contributed by atoms with E-state index in [9.17, 15) is 4.79 Å². The van der Waals surface area contributed by atoms with E-state index in [1.165, 1.54) is 0 Å². The van der Waals surface area contributed by atoms with Gasteiger partial charge in [0.05, 0.1) is 13.0 Å². The van der Waals surface area contributed by atoms with E-state index in [1.54, 1.807) is 24.3 Å². The largest absolute Gasteiger partial charge is 0.508 e. The number of rotatable bonds is 5. The molecule has 0 aromatic heterocycles. The van der Waals surface area contributed by atoms with Crippen LogP contribution in [0.15, 0.2) is 54.6 Å². The highest BCUT2D eigenvalue weighted by Crippen LogP contribution is 2.10. The van der Waals surface area contributed by atoms with Crippen LogP contribution < -0.4 is 0 Å². The van der Waals surface area contributed by atoms with Crippen molar-refractivity contribution < 1.29 is 14.6 Å². The number of esters is 1. The molecular weight excluding hydrogens is 240 g/mol. The van der Waals surface area contributed by atoms with Gasteiger partial charge in [-0.05, 0) is 23.3 Å². The van der Waals surface area contributed by atoms with Gasteiger partial charge in [-0.1, -0.05) is 42.5 Å². The maximum absolute atomic E-state index is 11.6. The van der Waals surface area contributed by atoms with Crippen molar-refractivity contribution in [3.05, 3.63) is 65.7 Å². The molecule has 0 atom stereocenters. The monoisotopic (exact) mass is 256 g/mol. The highest BCUT2D eigenvalue weighted by Gasteiger charge is 2.04. The zero-order valence-corrected chi connectivity index (χ0v) is 10.6. The summed E-state index contributed by atoms with van der Waals surface area (Å²) < 4.78 is 5.18. The Kier molecular flexibility index (Phi) is 4.56. The maximum Gasteiger partial charge on any atom is 0.310 e. The fourth-order valence-corrected chi connectivity index (χ4v) is 1.76. The van der Waals surface area contributed by atoms with Crippen molar-refractivity contribution in [2.24, 2.45) is 0 Å². The molecule has 1 N–H and O–H groups in total. The van der Waals surface area contributed by atoms with Crippen molar-refractivity contribution >= 4 is 5.97 Å². The number of carbonyl (C=O) groups is 1. The summed E-state index contributed by atoms with van der Waals surface area (Å²) in [5.74, 6) is -0.0529. The van der Waals surface area contributed by atoms with Gasteiger partial charge in [0.1, 0.15) is 5.75 Å². The number of aromatic hydroxyl groups is 1. The van der Waals surface area contributed by atoms with E-state index in [0.29, 0.717) is 6.61 Å². The summed E-state index contributed by atoms with van der Waals surface area (Å²) >= 11 is 0. The smallest absolute Gasteiger partial charge is 0.310 e. The molecule has 3 heteroatoms. The van der Waals surface area contributed by atoms with Gasteiger partial charge >= 0.3 is 5.97 Å². The van der Waals surface area contributed by atoms with E-state index < -0.39 is 0 Å². The molecule has 0 saturated heterocycles. The first-order valence-corrected chi connectivity index (χ1v) is 6.21. The van der Waals surface area contributed by atoms with Crippen LogP contribution >= 0.6 is 0 Å². The molecule has 19 heavy (non-hydrogen) atoms. The van der Waals surface area contributed by atoms with E-state index in [4.69, 9.17) is 9.84 Å².